The van der Waals surface area contributed by atoms with Crippen molar-refractivity contribution in [2.24, 2.45) is 5.92 Å². The molecule has 0 spiro atoms. The lowest BCUT2D eigenvalue weighted by Crippen LogP contribution is -2.42. The van der Waals surface area contributed by atoms with Gasteiger partial charge in [0.2, 0.25) is 0 Å². The van der Waals surface area contributed by atoms with Crippen LogP contribution in [0.3, 0.4) is 0 Å². The van der Waals surface area contributed by atoms with Crippen LogP contribution in [0, 0.1) is 5.92 Å². The number of thiophene rings is 1. The van der Waals surface area contributed by atoms with Crippen LogP contribution >= 0.6 is 11.3 Å². The van der Waals surface area contributed by atoms with Crippen molar-refractivity contribution in [3.8, 4) is 16.9 Å². The van der Waals surface area contributed by atoms with Gasteiger partial charge in [-0.2, -0.15) is 13.2 Å². The fourth-order valence-corrected chi connectivity index (χ4v) is 4.69. The lowest BCUT2D eigenvalue weighted by Gasteiger charge is -2.34. The summed E-state index contributed by atoms with van der Waals surface area (Å²) < 4.78 is 46.3. The van der Waals surface area contributed by atoms with Gasteiger partial charge in [0.05, 0.1) is 0 Å². The van der Waals surface area contributed by atoms with Gasteiger partial charge in [0, 0.05) is 29.6 Å². The highest BCUT2D eigenvalue weighted by Gasteiger charge is 2.36. The molecule has 1 aliphatic carbocycles. The van der Waals surface area contributed by atoms with Gasteiger partial charge in [-0.25, -0.2) is 0 Å². The first kappa shape index (κ1) is 21.9. The van der Waals surface area contributed by atoms with Crippen molar-refractivity contribution < 1.29 is 23.0 Å². The molecule has 4 rings (SSSR count). The number of alkyl halides is 3. The van der Waals surface area contributed by atoms with Crippen LogP contribution in [-0.2, 0) is 19.3 Å². The largest absolute Gasteiger partial charge is 0.488 e. The fourth-order valence-electron chi connectivity index (χ4n) is 3.73. The zero-order valence-corrected chi connectivity index (χ0v) is 17.7. The highest BCUT2D eigenvalue weighted by molar-refractivity contribution is 7.12. The molecule has 1 saturated carbocycles. The normalized spacial score (nSPS) is 18.6. The van der Waals surface area contributed by atoms with Crippen LogP contribution in [0.5, 0.6) is 5.75 Å². The van der Waals surface area contributed by atoms with Crippen LogP contribution < -0.4 is 10.1 Å². The minimum absolute atomic E-state index is 0.0861. The molecular formula is C24H24F3NO2S. The summed E-state index contributed by atoms with van der Waals surface area (Å²) in [6.07, 6.45) is -2.40. The highest BCUT2D eigenvalue weighted by atomic mass is 32.1. The van der Waals surface area contributed by atoms with Gasteiger partial charge < -0.3 is 15.2 Å². The third-order valence-electron chi connectivity index (χ3n) is 5.52. The Morgan fingerprint density at radius 2 is 1.74 bits per heavy atom. The monoisotopic (exact) mass is 447 g/mol. The lowest BCUT2D eigenvalue weighted by molar-refractivity contribution is -0.133. The molecule has 3 nitrogen and oxygen atoms in total. The molecule has 164 valence electrons. The van der Waals surface area contributed by atoms with Crippen LogP contribution in [0.4, 0.5) is 13.2 Å². The molecule has 0 aliphatic heterocycles. The SMILES string of the molecule is OCC1CC(NCc2ccc(OCc3cc(-c4ccccc4)c(C(F)(F)F)s3)cc2)C1. The van der Waals surface area contributed by atoms with Crippen LogP contribution in [-0.4, -0.2) is 17.8 Å². The molecule has 2 aromatic carbocycles. The van der Waals surface area contributed by atoms with Crippen molar-refractivity contribution in [1.29, 1.82) is 0 Å². The Bertz CT molecular complexity index is 980. The number of aliphatic hydroxyl groups is 1. The van der Waals surface area contributed by atoms with Crippen molar-refractivity contribution in [3.05, 3.63) is 76.0 Å². The molecule has 0 unspecified atom stereocenters. The average Bonchev–Trinajstić information content (AvgIpc) is 3.18. The van der Waals surface area contributed by atoms with E-state index < -0.39 is 11.1 Å². The van der Waals surface area contributed by atoms with Crippen LogP contribution in [0.1, 0.15) is 28.2 Å². The summed E-state index contributed by atoms with van der Waals surface area (Å²) in [7, 11) is 0. The maximum atomic E-state index is 13.5. The molecule has 0 atom stereocenters. The second-order valence-electron chi connectivity index (χ2n) is 7.85. The summed E-state index contributed by atoms with van der Waals surface area (Å²) in [4.78, 5) is -0.0708. The van der Waals surface area contributed by atoms with Gasteiger partial charge in [-0.15, -0.1) is 11.3 Å². The topological polar surface area (TPSA) is 41.5 Å². The number of aliphatic hydroxyl groups excluding tert-OH is 1. The summed E-state index contributed by atoms with van der Waals surface area (Å²) >= 11 is 0.728. The summed E-state index contributed by atoms with van der Waals surface area (Å²) in [6.45, 7) is 1.08. The molecule has 31 heavy (non-hydrogen) atoms. The maximum Gasteiger partial charge on any atom is 0.426 e. The number of rotatable bonds is 8. The van der Waals surface area contributed by atoms with Gasteiger partial charge in [-0.1, -0.05) is 42.5 Å². The molecular weight excluding hydrogens is 423 g/mol. The molecule has 1 fully saturated rings. The quantitative estimate of drug-likeness (QED) is 0.454. The van der Waals surface area contributed by atoms with E-state index in [2.05, 4.69) is 5.32 Å². The second kappa shape index (κ2) is 9.42. The third-order valence-corrected chi connectivity index (χ3v) is 6.67. The van der Waals surface area contributed by atoms with E-state index in [-0.39, 0.29) is 18.8 Å². The number of halogens is 3. The predicted octanol–water partition coefficient (Wildman–Crippen LogP) is 5.87. The van der Waals surface area contributed by atoms with Crippen LogP contribution in [0.2, 0.25) is 0 Å². The molecule has 0 amide bonds. The van der Waals surface area contributed by atoms with Crippen molar-refractivity contribution in [2.45, 2.75) is 38.2 Å². The number of ether oxygens (including phenoxy) is 1. The van der Waals surface area contributed by atoms with E-state index in [1.807, 2.05) is 24.3 Å². The molecule has 1 aliphatic rings. The first-order valence-corrected chi connectivity index (χ1v) is 11.1. The van der Waals surface area contributed by atoms with Crippen molar-refractivity contribution in [1.82, 2.24) is 5.32 Å². The summed E-state index contributed by atoms with van der Waals surface area (Å²) in [5.41, 5.74) is 1.85. The second-order valence-corrected chi connectivity index (χ2v) is 8.99. The molecule has 0 bridgehead atoms. The molecule has 0 radical (unpaired) electrons. The minimum Gasteiger partial charge on any atom is -0.488 e. The lowest BCUT2D eigenvalue weighted by atomic mass is 9.81. The highest BCUT2D eigenvalue weighted by Crippen LogP contribution is 2.43. The Labute approximate surface area is 183 Å². The van der Waals surface area contributed by atoms with Gasteiger partial charge in [-0.05, 0) is 48.1 Å². The van der Waals surface area contributed by atoms with Crippen LogP contribution in [0.25, 0.3) is 11.1 Å². The Morgan fingerprint density at radius 3 is 2.39 bits per heavy atom. The summed E-state index contributed by atoms with van der Waals surface area (Å²) in [6, 6.07) is 18.2. The van der Waals surface area contributed by atoms with E-state index in [1.165, 1.54) is 0 Å². The standard InChI is InChI=1S/C24H24F3NO2S/c25-24(26,27)23-22(18-4-2-1-3-5-18)12-21(31-23)15-30-20-8-6-16(7-9-20)13-28-19-10-17(11-19)14-29/h1-9,12,17,19,28-29H,10-11,13-15H2. The van der Waals surface area contributed by atoms with Gasteiger partial charge in [0.1, 0.15) is 17.2 Å². The van der Waals surface area contributed by atoms with Crippen molar-refractivity contribution >= 4 is 11.3 Å². The van der Waals surface area contributed by atoms with Gasteiger partial charge in [0.15, 0.2) is 0 Å². The van der Waals surface area contributed by atoms with Crippen molar-refractivity contribution in [3.63, 3.8) is 0 Å². The summed E-state index contributed by atoms with van der Waals surface area (Å²) in [5, 5.41) is 12.5. The Balaban J connectivity index is 1.36. The first-order valence-electron chi connectivity index (χ1n) is 10.2. The van der Waals surface area contributed by atoms with E-state index in [1.54, 1.807) is 36.4 Å². The first-order chi connectivity index (χ1) is 14.9. The minimum atomic E-state index is -4.40. The maximum absolute atomic E-state index is 13.5. The Kier molecular flexibility index (Phi) is 6.65. The number of benzene rings is 2. The Hall–Kier alpha value is -2.35. The zero-order chi connectivity index (χ0) is 21.8. The number of nitrogens with one attached hydrogen (secondary N) is 1. The molecule has 3 aromatic rings. The molecule has 7 heteroatoms. The fraction of sp³-hybridized carbons (Fsp3) is 0.333. The van der Waals surface area contributed by atoms with Crippen molar-refractivity contribution in [2.75, 3.05) is 6.61 Å². The van der Waals surface area contributed by atoms with E-state index in [0.29, 0.717) is 28.1 Å². The Morgan fingerprint density at radius 1 is 1.03 bits per heavy atom. The number of hydrogen-bond acceptors (Lipinski definition) is 4. The smallest absolute Gasteiger partial charge is 0.426 e. The van der Waals surface area contributed by atoms with E-state index in [4.69, 9.17) is 9.84 Å². The zero-order valence-electron chi connectivity index (χ0n) is 16.9. The van der Waals surface area contributed by atoms with E-state index in [9.17, 15) is 13.2 Å². The predicted molar refractivity (Wildman–Crippen MR) is 116 cm³/mol. The average molecular weight is 448 g/mol. The molecule has 1 aromatic heterocycles. The molecule has 1 heterocycles. The van der Waals surface area contributed by atoms with E-state index >= 15 is 0 Å². The van der Waals surface area contributed by atoms with Crippen LogP contribution in [0.15, 0.2) is 60.7 Å². The molecule has 2 N–H and O–H groups in total. The van der Waals surface area contributed by atoms with Gasteiger partial charge >= 0.3 is 6.18 Å². The molecule has 0 saturated heterocycles. The number of hydrogen-bond donors (Lipinski definition) is 2. The third kappa shape index (κ3) is 5.47. The summed E-state index contributed by atoms with van der Waals surface area (Å²) in [5.74, 6) is 1.04. The van der Waals surface area contributed by atoms with Gasteiger partial charge in [0.25, 0.3) is 0 Å². The van der Waals surface area contributed by atoms with Gasteiger partial charge in [-0.3, -0.25) is 0 Å². The van der Waals surface area contributed by atoms with E-state index in [0.717, 1.165) is 36.3 Å².